The van der Waals surface area contributed by atoms with Gasteiger partial charge in [0.15, 0.2) is 6.61 Å². The predicted octanol–water partition coefficient (Wildman–Crippen LogP) is 1.48. The summed E-state index contributed by atoms with van der Waals surface area (Å²) in [6, 6.07) is 9.12. The van der Waals surface area contributed by atoms with Crippen LogP contribution >= 0.6 is 0 Å². The van der Waals surface area contributed by atoms with E-state index in [9.17, 15) is 9.59 Å². The SMILES string of the molecule is CCOC(=O)CCN(C)C(=O)COc1ccccc1. The Labute approximate surface area is 113 Å². The van der Waals surface area contributed by atoms with Gasteiger partial charge in [-0.3, -0.25) is 9.59 Å². The number of esters is 1. The molecule has 1 amide bonds. The Morgan fingerprint density at radius 2 is 1.89 bits per heavy atom. The van der Waals surface area contributed by atoms with Gasteiger partial charge in [0, 0.05) is 13.6 Å². The smallest absolute Gasteiger partial charge is 0.307 e. The Balaban J connectivity index is 2.27. The van der Waals surface area contributed by atoms with Crippen LogP contribution in [-0.2, 0) is 14.3 Å². The third-order valence-electron chi connectivity index (χ3n) is 2.49. The van der Waals surface area contributed by atoms with E-state index in [0.717, 1.165) is 0 Å². The van der Waals surface area contributed by atoms with Gasteiger partial charge in [-0.25, -0.2) is 0 Å². The Hall–Kier alpha value is -2.04. The number of rotatable bonds is 7. The van der Waals surface area contributed by atoms with Crippen LogP contribution in [0.15, 0.2) is 30.3 Å². The van der Waals surface area contributed by atoms with Crippen molar-refractivity contribution in [3.8, 4) is 5.75 Å². The number of hydrogen-bond acceptors (Lipinski definition) is 4. The minimum Gasteiger partial charge on any atom is -0.484 e. The van der Waals surface area contributed by atoms with Crippen LogP contribution in [0.3, 0.4) is 0 Å². The van der Waals surface area contributed by atoms with E-state index in [-0.39, 0.29) is 24.9 Å². The molecule has 1 rings (SSSR count). The molecule has 0 aliphatic carbocycles. The van der Waals surface area contributed by atoms with Crippen LogP contribution in [-0.4, -0.2) is 43.6 Å². The number of amides is 1. The van der Waals surface area contributed by atoms with Crippen LogP contribution in [0.2, 0.25) is 0 Å². The van der Waals surface area contributed by atoms with E-state index in [2.05, 4.69) is 0 Å². The average Bonchev–Trinajstić information content (AvgIpc) is 2.43. The Bertz CT molecular complexity index is 405. The van der Waals surface area contributed by atoms with Crippen LogP contribution in [0.4, 0.5) is 0 Å². The molecule has 0 saturated carbocycles. The van der Waals surface area contributed by atoms with Gasteiger partial charge in [0.2, 0.25) is 0 Å². The van der Waals surface area contributed by atoms with Gasteiger partial charge in [-0.15, -0.1) is 0 Å². The third-order valence-corrected chi connectivity index (χ3v) is 2.49. The summed E-state index contributed by atoms with van der Waals surface area (Å²) in [6.45, 7) is 2.40. The number of benzene rings is 1. The first-order chi connectivity index (χ1) is 9.13. The molecule has 0 bridgehead atoms. The molecular formula is C14H19NO4. The van der Waals surface area contributed by atoms with Crippen molar-refractivity contribution >= 4 is 11.9 Å². The Morgan fingerprint density at radius 1 is 1.21 bits per heavy atom. The van der Waals surface area contributed by atoms with Crippen molar-refractivity contribution in [1.29, 1.82) is 0 Å². The maximum Gasteiger partial charge on any atom is 0.307 e. The van der Waals surface area contributed by atoms with E-state index in [1.165, 1.54) is 4.90 Å². The zero-order chi connectivity index (χ0) is 14.1. The molecule has 5 heteroatoms. The quantitative estimate of drug-likeness (QED) is 0.701. The van der Waals surface area contributed by atoms with Gasteiger partial charge in [-0.2, -0.15) is 0 Å². The Kier molecular flexibility index (Phi) is 6.43. The molecular weight excluding hydrogens is 246 g/mol. The van der Waals surface area contributed by atoms with Crippen LogP contribution < -0.4 is 4.74 Å². The number of carbonyl (C=O) groups is 2. The maximum absolute atomic E-state index is 11.7. The summed E-state index contributed by atoms with van der Waals surface area (Å²) >= 11 is 0. The molecule has 0 spiro atoms. The lowest BCUT2D eigenvalue weighted by Crippen LogP contribution is -2.33. The molecule has 19 heavy (non-hydrogen) atoms. The molecule has 0 unspecified atom stereocenters. The number of nitrogens with zero attached hydrogens (tertiary/aromatic N) is 1. The highest BCUT2D eigenvalue weighted by Gasteiger charge is 2.11. The van der Waals surface area contributed by atoms with E-state index >= 15 is 0 Å². The average molecular weight is 265 g/mol. The van der Waals surface area contributed by atoms with Crippen LogP contribution in [0, 0.1) is 0 Å². The van der Waals surface area contributed by atoms with E-state index < -0.39 is 0 Å². The molecule has 104 valence electrons. The van der Waals surface area contributed by atoms with E-state index in [1.807, 2.05) is 18.2 Å². The summed E-state index contributed by atoms with van der Waals surface area (Å²) in [6.07, 6.45) is 0.196. The van der Waals surface area contributed by atoms with Crippen molar-refractivity contribution < 1.29 is 19.1 Å². The Morgan fingerprint density at radius 3 is 2.53 bits per heavy atom. The second kappa shape index (κ2) is 8.13. The summed E-state index contributed by atoms with van der Waals surface area (Å²) in [5, 5.41) is 0. The lowest BCUT2D eigenvalue weighted by molar-refractivity contribution is -0.144. The van der Waals surface area contributed by atoms with Gasteiger partial charge >= 0.3 is 5.97 Å². The topological polar surface area (TPSA) is 55.8 Å². The van der Waals surface area contributed by atoms with Crippen LogP contribution in [0.25, 0.3) is 0 Å². The molecule has 0 saturated heterocycles. The molecule has 0 radical (unpaired) electrons. The number of ether oxygens (including phenoxy) is 2. The van der Waals surface area contributed by atoms with E-state index in [1.54, 1.807) is 26.1 Å². The molecule has 1 aromatic rings. The molecule has 0 N–H and O–H groups in total. The monoisotopic (exact) mass is 265 g/mol. The fraction of sp³-hybridized carbons (Fsp3) is 0.429. The van der Waals surface area contributed by atoms with Crippen molar-refractivity contribution in [2.24, 2.45) is 0 Å². The number of para-hydroxylation sites is 1. The van der Waals surface area contributed by atoms with Gasteiger partial charge < -0.3 is 14.4 Å². The van der Waals surface area contributed by atoms with Crippen molar-refractivity contribution in [2.45, 2.75) is 13.3 Å². The minimum atomic E-state index is -0.300. The number of hydrogen-bond donors (Lipinski definition) is 0. The van der Waals surface area contributed by atoms with Gasteiger partial charge in [-0.05, 0) is 19.1 Å². The van der Waals surface area contributed by atoms with E-state index in [0.29, 0.717) is 18.9 Å². The molecule has 0 aromatic heterocycles. The highest BCUT2D eigenvalue weighted by molar-refractivity contribution is 5.78. The summed E-state index contributed by atoms with van der Waals surface area (Å²) in [7, 11) is 1.63. The highest BCUT2D eigenvalue weighted by Crippen LogP contribution is 2.08. The normalized spacial score (nSPS) is 9.79. The molecule has 5 nitrogen and oxygen atoms in total. The van der Waals surface area contributed by atoms with Crippen molar-refractivity contribution in [3.05, 3.63) is 30.3 Å². The van der Waals surface area contributed by atoms with Gasteiger partial charge in [0.05, 0.1) is 13.0 Å². The highest BCUT2D eigenvalue weighted by atomic mass is 16.5. The number of likely N-dealkylation sites (N-methyl/N-ethyl adjacent to an activating group) is 1. The second-order valence-electron chi connectivity index (χ2n) is 3.97. The molecule has 0 aliphatic rings. The van der Waals surface area contributed by atoms with E-state index in [4.69, 9.17) is 9.47 Å². The largest absolute Gasteiger partial charge is 0.484 e. The number of carbonyl (C=O) groups excluding carboxylic acids is 2. The first kappa shape index (κ1) is 15.0. The van der Waals surface area contributed by atoms with Crippen LogP contribution in [0.1, 0.15) is 13.3 Å². The zero-order valence-corrected chi connectivity index (χ0v) is 11.3. The van der Waals surface area contributed by atoms with Gasteiger partial charge in [0.25, 0.3) is 5.91 Å². The minimum absolute atomic E-state index is 0.0384. The summed E-state index contributed by atoms with van der Waals surface area (Å²) < 4.78 is 10.1. The van der Waals surface area contributed by atoms with Gasteiger partial charge in [-0.1, -0.05) is 18.2 Å². The molecule has 0 aliphatic heterocycles. The van der Waals surface area contributed by atoms with Crippen LogP contribution in [0.5, 0.6) is 5.75 Å². The lowest BCUT2D eigenvalue weighted by Gasteiger charge is -2.16. The zero-order valence-electron chi connectivity index (χ0n) is 11.3. The molecule has 1 aromatic carbocycles. The summed E-state index contributed by atoms with van der Waals surface area (Å²) in [5.41, 5.74) is 0. The maximum atomic E-state index is 11.7. The predicted molar refractivity (Wildman–Crippen MR) is 70.8 cm³/mol. The van der Waals surface area contributed by atoms with Crippen molar-refractivity contribution in [1.82, 2.24) is 4.90 Å². The second-order valence-corrected chi connectivity index (χ2v) is 3.97. The first-order valence-corrected chi connectivity index (χ1v) is 6.21. The fourth-order valence-corrected chi connectivity index (χ4v) is 1.39. The molecule has 0 heterocycles. The van der Waals surface area contributed by atoms with Crippen molar-refractivity contribution in [2.75, 3.05) is 26.8 Å². The molecule has 0 atom stereocenters. The summed E-state index contributed by atoms with van der Waals surface area (Å²) in [4.78, 5) is 24.4. The van der Waals surface area contributed by atoms with Gasteiger partial charge in [0.1, 0.15) is 5.75 Å². The summed E-state index contributed by atoms with van der Waals surface area (Å²) in [5.74, 6) is 0.175. The first-order valence-electron chi connectivity index (χ1n) is 6.21. The standard InChI is InChI=1S/C14H19NO4/c1-3-18-14(17)9-10-15(2)13(16)11-19-12-7-5-4-6-8-12/h4-8H,3,9-11H2,1-2H3. The lowest BCUT2D eigenvalue weighted by atomic mass is 10.3. The third kappa shape index (κ3) is 5.90. The fourth-order valence-electron chi connectivity index (χ4n) is 1.39. The van der Waals surface area contributed by atoms with Crippen molar-refractivity contribution in [3.63, 3.8) is 0 Å². The molecule has 0 fully saturated rings.